The number of carbonyl (C=O) groups excluding carboxylic acids is 2. The number of fused-ring (bicyclic) bond motifs is 1. The summed E-state index contributed by atoms with van der Waals surface area (Å²) >= 11 is 6.21. The molecule has 2 aliphatic heterocycles. The third kappa shape index (κ3) is 5.09. The maximum Gasteiger partial charge on any atom is 0.343 e. The van der Waals surface area contributed by atoms with E-state index in [1.807, 2.05) is 6.07 Å². The fraction of sp³-hybridized carbons (Fsp3) is 0.292. The van der Waals surface area contributed by atoms with Gasteiger partial charge < -0.3 is 15.4 Å². The predicted molar refractivity (Wildman–Crippen MR) is 133 cm³/mol. The van der Waals surface area contributed by atoms with Crippen molar-refractivity contribution in [1.29, 1.82) is 0 Å². The lowest BCUT2D eigenvalue weighted by Gasteiger charge is -2.17. The molecule has 0 bridgehead atoms. The number of ether oxygens (including phenoxy) is 1. The van der Waals surface area contributed by atoms with Crippen molar-refractivity contribution < 1.29 is 22.7 Å². The molecule has 0 aliphatic carbocycles. The summed E-state index contributed by atoms with van der Waals surface area (Å²) in [4.78, 5) is 30.4. The average Bonchev–Trinajstić information content (AvgIpc) is 3.32. The van der Waals surface area contributed by atoms with Crippen LogP contribution in [0, 0.1) is 0 Å². The Bertz CT molecular complexity index is 1350. The van der Waals surface area contributed by atoms with Crippen LogP contribution < -0.4 is 10.6 Å². The summed E-state index contributed by atoms with van der Waals surface area (Å²) in [7, 11) is -3.85. The molecule has 1 fully saturated rings. The molecule has 184 valence electrons. The summed E-state index contributed by atoms with van der Waals surface area (Å²) in [5.41, 5.74) is 1.73. The minimum absolute atomic E-state index is 0.0118. The van der Waals surface area contributed by atoms with Gasteiger partial charge >= 0.3 is 5.97 Å². The first-order valence-electron chi connectivity index (χ1n) is 11.2. The van der Waals surface area contributed by atoms with Crippen molar-refractivity contribution in [3.8, 4) is 0 Å². The highest BCUT2D eigenvalue weighted by molar-refractivity contribution is 7.89. The number of rotatable bonds is 5. The fourth-order valence-corrected chi connectivity index (χ4v) is 5.95. The molecule has 0 saturated carbocycles. The van der Waals surface area contributed by atoms with Crippen molar-refractivity contribution in [1.82, 2.24) is 9.62 Å². The number of hydrogen-bond donors (Lipinski definition) is 2. The molecule has 4 rings (SSSR count). The van der Waals surface area contributed by atoms with Gasteiger partial charge in [-0.15, -0.1) is 0 Å². The minimum atomic E-state index is -3.85. The van der Waals surface area contributed by atoms with Crippen LogP contribution in [0.15, 0.2) is 63.6 Å². The highest BCUT2D eigenvalue weighted by Gasteiger charge is 2.31. The lowest BCUT2D eigenvalue weighted by Crippen LogP contribution is -2.35. The second-order valence-corrected chi connectivity index (χ2v) is 10.3. The molecule has 0 spiro atoms. The Hall–Kier alpha value is -3.21. The van der Waals surface area contributed by atoms with Gasteiger partial charge in [-0.1, -0.05) is 23.7 Å². The lowest BCUT2D eigenvalue weighted by molar-refractivity contribution is -0.137. The van der Waals surface area contributed by atoms with Crippen LogP contribution in [0.4, 0.5) is 11.4 Å². The number of nitrogens with zero attached hydrogens (tertiary/aromatic N) is 2. The van der Waals surface area contributed by atoms with E-state index in [4.69, 9.17) is 16.3 Å². The van der Waals surface area contributed by atoms with E-state index in [2.05, 4.69) is 15.6 Å². The van der Waals surface area contributed by atoms with Gasteiger partial charge in [0.25, 0.3) is 5.91 Å². The Kier molecular flexibility index (Phi) is 7.25. The molecule has 9 nitrogen and oxygen atoms in total. The van der Waals surface area contributed by atoms with E-state index in [-0.39, 0.29) is 33.5 Å². The molecular weight excluding hydrogens is 492 g/mol. The molecule has 35 heavy (non-hydrogen) atoms. The SMILES string of the molecule is CCOC(=O)C1=C(C)Nc2ccccc2N=C1NC(=O)c1ccc(Cl)c(S(=O)(=O)N2CCCC2)c1. The lowest BCUT2D eigenvalue weighted by atomic mass is 10.1. The molecule has 0 unspecified atom stereocenters. The Labute approximate surface area is 208 Å². The van der Waals surface area contributed by atoms with Crippen molar-refractivity contribution >= 4 is 50.7 Å². The number of esters is 1. The van der Waals surface area contributed by atoms with Crippen LogP contribution in [0.1, 0.15) is 37.0 Å². The summed E-state index contributed by atoms with van der Waals surface area (Å²) in [6.45, 7) is 4.31. The quantitative estimate of drug-likeness (QED) is 0.583. The number of amides is 1. The first-order chi connectivity index (χ1) is 16.7. The molecule has 2 N–H and O–H groups in total. The number of para-hydroxylation sites is 2. The van der Waals surface area contributed by atoms with Crippen molar-refractivity contribution in [3.63, 3.8) is 0 Å². The van der Waals surface area contributed by atoms with E-state index in [9.17, 15) is 18.0 Å². The molecule has 2 aliphatic rings. The van der Waals surface area contributed by atoms with E-state index < -0.39 is 21.9 Å². The van der Waals surface area contributed by atoms with Gasteiger partial charge in [-0.05, 0) is 57.0 Å². The van der Waals surface area contributed by atoms with Gasteiger partial charge in [-0.2, -0.15) is 4.31 Å². The number of aliphatic imine (C=N–C) groups is 1. The third-order valence-corrected chi connectivity index (χ3v) is 8.04. The summed E-state index contributed by atoms with van der Waals surface area (Å²) in [6, 6.07) is 11.2. The molecule has 0 aromatic heterocycles. The number of allylic oxidation sites excluding steroid dienone is 1. The largest absolute Gasteiger partial charge is 0.462 e. The van der Waals surface area contributed by atoms with Crippen LogP contribution in [0.2, 0.25) is 5.02 Å². The smallest absolute Gasteiger partial charge is 0.343 e. The number of benzene rings is 2. The number of anilines is 1. The Morgan fingerprint density at radius 1 is 1.17 bits per heavy atom. The Morgan fingerprint density at radius 3 is 2.60 bits per heavy atom. The molecule has 2 heterocycles. The number of amidine groups is 1. The van der Waals surface area contributed by atoms with E-state index >= 15 is 0 Å². The highest BCUT2D eigenvalue weighted by Crippen LogP contribution is 2.31. The summed E-state index contributed by atoms with van der Waals surface area (Å²) in [5.74, 6) is -1.31. The fourth-order valence-electron chi connectivity index (χ4n) is 3.93. The van der Waals surface area contributed by atoms with E-state index in [0.29, 0.717) is 30.2 Å². The molecule has 0 radical (unpaired) electrons. The zero-order valence-corrected chi connectivity index (χ0v) is 20.9. The monoisotopic (exact) mass is 516 g/mol. The molecule has 2 aromatic rings. The number of halogens is 1. The van der Waals surface area contributed by atoms with Gasteiger partial charge in [0.2, 0.25) is 10.0 Å². The van der Waals surface area contributed by atoms with Crippen molar-refractivity contribution in [2.45, 2.75) is 31.6 Å². The van der Waals surface area contributed by atoms with Crippen molar-refractivity contribution in [3.05, 3.63) is 64.3 Å². The van der Waals surface area contributed by atoms with Crippen LogP contribution in [0.5, 0.6) is 0 Å². The van der Waals surface area contributed by atoms with E-state index in [1.165, 1.54) is 22.5 Å². The van der Waals surface area contributed by atoms with Crippen molar-refractivity contribution in [2.75, 3.05) is 25.0 Å². The molecule has 11 heteroatoms. The number of hydrogen-bond acceptors (Lipinski definition) is 7. The molecule has 2 aromatic carbocycles. The van der Waals surface area contributed by atoms with Gasteiger partial charge in [0, 0.05) is 24.4 Å². The van der Waals surface area contributed by atoms with Crippen molar-refractivity contribution in [2.24, 2.45) is 4.99 Å². The first-order valence-corrected chi connectivity index (χ1v) is 13.0. The van der Waals surface area contributed by atoms with E-state index in [0.717, 1.165) is 12.8 Å². The third-order valence-electron chi connectivity index (χ3n) is 5.66. The van der Waals surface area contributed by atoms with Crippen LogP contribution >= 0.6 is 11.6 Å². The number of nitrogens with one attached hydrogen (secondary N) is 2. The summed E-state index contributed by atoms with van der Waals surface area (Å²) in [5, 5.41) is 5.83. The number of sulfonamides is 1. The topological polar surface area (TPSA) is 117 Å². The van der Waals surface area contributed by atoms with Gasteiger partial charge in [0.05, 0.1) is 23.0 Å². The number of carbonyl (C=O) groups is 2. The highest BCUT2D eigenvalue weighted by atomic mass is 35.5. The molecule has 0 atom stereocenters. The Balaban J connectivity index is 1.71. The first kappa shape index (κ1) is 24.9. The molecule has 1 amide bonds. The summed E-state index contributed by atoms with van der Waals surface area (Å²) < 4.78 is 32.7. The van der Waals surface area contributed by atoms with Gasteiger partial charge in [0.15, 0.2) is 0 Å². The zero-order chi connectivity index (χ0) is 25.2. The zero-order valence-electron chi connectivity index (χ0n) is 19.3. The van der Waals surface area contributed by atoms with E-state index in [1.54, 1.807) is 32.0 Å². The maximum absolute atomic E-state index is 13.2. The van der Waals surface area contributed by atoms with Gasteiger partial charge in [-0.3, -0.25) is 4.79 Å². The van der Waals surface area contributed by atoms with Gasteiger partial charge in [-0.25, -0.2) is 18.2 Å². The van der Waals surface area contributed by atoms with Crippen LogP contribution in [0.3, 0.4) is 0 Å². The van der Waals surface area contributed by atoms with Crippen LogP contribution in [-0.4, -0.2) is 50.1 Å². The second kappa shape index (κ2) is 10.2. The maximum atomic E-state index is 13.2. The molecule has 1 saturated heterocycles. The average molecular weight is 517 g/mol. The standard InChI is InChI=1S/C24H25ClN4O5S/c1-3-34-24(31)21-15(2)26-18-8-4-5-9-19(18)27-22(21)28-23(30)16-10-11-17(25)20(14-16)35(32,33)29-12-6-7-13-29/h4-5,8-11,14,26H,3,6-7,12-13H2,1-2H3,(H,27,28,30). The Morgan fingerprint density at radius 2 is 1.89 bits per heavy atom. The predicted octanol–water partition coefficient (Wildman–Crippen LogP) is 3.85. The second-order valence-electron chi connectivity index (χ2n) is 8.03. The van der Waals surface area contributed by atoms with Crippen LogP contribution in [-0.2, 0) is 19.6 Å². The van der Waals surface area contributed by atoms with Gasteiger partial charge in [0.1, 0.15) is 16.3 Å². The van der Waals surface area contributed by atoms with Crippen LogP contribution in [0.25, 0.3) is 0 Å². The minimum Gasteiger partial charge on any atom is -0.462 e. The normalized spacial score (nSPS) is 16.1. The summed E-state index contributed by atoms with van der Waals surface area (Å²) in [6.07, 6.45) is 1.55. The molecular formula is C24H25ClN4O5S.